The quantitative estimate of drug-likeness (QED) is 0.250. The van der Waals surface area contributed by atoms with Gasteiger partial charge in [0.15, 0.2) is 0 Å². The Labute approximate surface area is 103 Å². The summed E-state index contributed by atoms with van der Waals surface area (Å²) in [5.74, 6) is 4.98. The molecule has 0 aliphatic rings. The second-order valence-electron chi connectivity index (χ2n) is 3.55. The molecule has 0 amide bonds. The summed E-state index contributed by atoms with van der Waals surface area (Å²) in [5.41, 5.74) is 6.02. The van der Waals surface area contributed by atoms with Gasteiger partial charge in [0.05, 0.1) is 5.69 Å². The first kappa shape index (κ1) is 12.3. The lowest BCUT2D eigenvalue weighted by atomic mass is 10.1. The van der Waals surface area contributed by atoms with Crippen LogP contribution in [0.1, 0.15) is 0 Å². The van der Waals surface area contributed by atoms with Crippen molar-refractivity contribution >= 4 is 32.3 Å². The van der Waals surface area contributed by atoms with Gasteiger partial charge in [-0.2, -0.15) is 8.42 Å². The lowest BCUT2D eigenvalue weighted by Crippen LogP contribution is -2.01. The van der Waals surface area contributed by atoms with Crippen LogP contribution in [0, 0.1) is 0 Å². The summed E-state index contributed by atoms with van der Waals surface area (Å²) in [6.07, 6.45) is 0. The largest absolute Gasteiger partial charge is 0.397 e. The highest BCUT2D eigenvalue weighted by molar-refractivity contribution is 7.86. The summed E-state index contributed by atoms with van der Waals surface area (Å²) in [4.78, 5) is -0.272. The second kappa shape index (κ2) is 4.24. The van der Waals surface area contributed by atoms with E-state index < -0.39 is 10.1 Å². The lowest BCUT2D eigenvalue weighted by Gasteiger charge is -2.08. The Bertz CT molecular complexity index is 740. The Hall–Kier alpha value is -2.19. The predicted octanol–water partition coefficient (Wildman–Crippen LogP) is 1.63. The first-order valence-corrected chi connectivity index (χ1v) is 6.29. The first-order chi connectivity index (χ1) is 8.45. The minimum atomic E-state index is -4.37. The Morgan fingerprint density at radius 3 is 2.33 bits per heavy atom. The minimum Gasteiger partial charge on any atom is -0.397 e. The van der Waals surface area contributed by atoms with E-state index in [2.05, 4.69) is 10.3 Å². The number of hydrogen-bond acceptors (Lipinski definition) is 5. The molecule has 0 bridgehead atoms. The molecule has 0 unspecified atom stereocenters. The molecule has 2 rings (SSSR count). The molecule has 0 spiro atoms. The molecule has 5 N–H and O–H groups in total. The average Bonchev–Trinajstić information content (AvgIpc) is 2.31. The maximum atomic E-state index is 11.3. The maximum absolute atomic E-state index is 11.3. The minimum absolute atomic E-state index is 0.0653. The summed E-state index contributed by atoms with van der Waals surface area (Å²) in [5, 5.41) is 7.55. The molecule has 0 atom stereocenters. The van der Waals surface area contributed by atoms with Crippen LogP contribution in [0.25, 0.3) is 10.8 Å². The van der Waals surface area contributed by atoms with E-state index in [0.717, 1.165) is 6.07 Å². The number of fused-ring (bicyclic) bond motifs is 1. The van der Waals surface area contributed by atoms with Gasteiger partial charge in [-0.15, -0.1) is 5.11 Å². The predicted molar refractivity (Wildman–Crippen MR) is 66.9 cm³/mol. The van der Waals surface area contributed by atoms with Crippen LogP contribution in [0.3, 0.4) is 0 Å². The summed E-state index contributed by atoms with van der Waals surface area (Å²) in [6.45, 7) is 0. The Kier molecular flexibility index (Phi) is 2.89. The molecule has 0 saturated heterocycles. The molecule has 0 heterocycles. The molecule has 18 heavy (non-hydrogen) atoms. The van der Waals surface area contributed by atoms with Crippen LogP contribution in [0.2, 0.25) is 0 Å². The van der Waals surface area contributed by atoms with Crippen molar-refractivity contribution in [2.45, 2.75) is 4.90 Å². The van der Waals surface area contributed by atoms with Gasteiger partial charge in [0.2, 0.25) is 0 Å². The summed E-state index contributed by atoms with van der Waals surface area (Å²) >= 11 is 0. The molecule has 0 saturated carbocycles. The van der Waals surface area contributed by atoms with Crippen LogP contribution in [0.4, 0.5) is 11.4 Å². The van der Waals surface area contributed by atoms with Crippen molar-refractivity contribution in [2.24, 2.45) is 16.2 Å². The molecule has 0 radical (unpaired) electrons. The zero-order valence-electron chi connectivity index (χ0n) is 9.11. The summed E-state index contributed by atoms with van der Waals surface area (Å²) in [6, 6.07) is 7.60. The lowest BCUT2D eigenvalue weighted by molar-refractivity contribution is 0.484. The van der Waals surface area contributed by atoms with E-state index in [1.165, 1.54) is 6.07 Å². The number of rotatable bonds is 2. The molecular weight excluding hydrogens is 256 g/mol. The summed E-state index contributed by atoms with van der Waals surface area (Å²) < 4.78 is 31.7. The van der Waals surface area contributed by atoms with E-state index >= 15 is 0 Å². The molecular formula is C10H10N4O3S. The van der Waals surface area contributed by atoms with Crippen LogP contribution >= 0.6 is 0 Å². The molecule has 0 aromatic heterocycles. The maximum Gasteiger partial charge on any atom is 0.295 e. The average molecular weight is 266 g/mol. The van der Waals surface area contributed by atoms with E-state index in [1.54, 1.807) is 18.2 Å². The topological polar surface area (TPSA) is 131 Å². The van der Waals surface area contributed by atoms with Crippen molar-refractivity contribution in [1.29, 1.82) is 0 Å². The van der Waals surface area contributed by atoms with Gasteiger partial charge in [0, 0.05) is 10.8 Å². The normalized spacial score (nSPS) is 12.3. The molecule has 7 nitrogen and oxygen atoms in total. The molecule has 0 aliphatic heterocycles. The number of nitrogen functional groups attached to an aromatic ring is 1. The smallest absolute Gasteiger partial charge is 0.295 e. The zero-order valence-corrected chi connectivity index (χ0v) is 9.92. The van der Waals surface area contributed by atoms with E-state index in [4.69, 9.17) is 11.6 Å². The number of anilines is 1. The van der Waals surface area contributed by atoms with Crippen LogP contribution in [0.15, 0.2) is 45.6 Å². The van der Waals surface area contributed by atoms with E-state index in [-0.39, 0.29) is 16.3 Å². The van der Waals surface area contributed by atoms with Crippen molar-refractivity contribution < 1.29 is 13.0 Å². The number of hydrogen-bond donors (Lipinski definition) is 3. The summed E-state index contributed by atoms with van der Waals surface area (Å²) in [7, 11) is -4.37. The van der Waals surface area contributed by atoms with Crippen LogP contribution in [0.5, 0.6) is 0 Å². The Morgan fingerprint density at radius 2 is 1.78 bits per heavy atom. The molecule has 0 fully saturated rings. The van der Waals surface area contributed by atoms with Gasteiger partial charge in [-0.25, -0.2) is 0 Å². The molecule has 2 aromatic rings. The third kappa shape index (κ3) is 1.98. The third-order valence-corrected chi connectivity index (χ3v) is 3.34. The SMILES string of the molecule is NN=Nc1c(N)cc(S(=O)(=O)O)c2ccccc12. The van der Waals surface area contributed by atoms with E-state index in [1.807, 2.05) is 0 Å². The number of benzene rings is 2. The second-order valence-corrected chi connectivity index (χ2v) is 4.94. The fourth-order valence-corrected chi connectivity index (χ4v) is 2.46. The van der Waals surface area contributed by atoms with Gasteiger partial charge in [0.25, 0.3) is 10.1 Å². The van der Waals surface area contributed by atoms with Crippen LogP contribution in [-0.4, -0.2) is 13.0 Å². The third-order valence-electron chi connectivity index (χ3n) is 2.44. The standard InChI is InChI=1S/C10H10N4O3S/c11-8-5-9(18(15,16)17)6-3-1-2-4-7(6)10(8)13-14-12/h1-5H,11H2,(H2,12,13)(H,15,16,17). The van der Waals surface area contributed by atoms with Crippen LogP contribution < -0.4 is 11.6 Å². The highest BCUT2D eigenvalue weighted by atomic mass is 32.2. The molecule has 0 aliphatic carbocycles. The molecule has 2 aromatic carbocycles. The van der Waals surface area contributed by atoms with Gasteiger partial charge >= 0.3 is 0 Å². The van der Waals surface area contributed by atoms with Crippen molar-refractivity contribution in [3.05, 3.63) is 30.3 Å². The van der Waals surface area contributed by atoms with E-state index in [9.17, 15) is 13.0 Å². The molecule has 94 valence electrons. The fourth-order valence-electron chi connectivity index (χ4n) is 1.73. The van der Waals surface area contributed by atoms with Crippen molar-refractivity contribution in [3.8, 4) is 0 Å². The van der Waals surface area contributed by atoms with Crippen molar-refractivity contribution in [2.75, 3.05) is 5.73 Å². The van der Waals surface area contributed by atoms with Crippen LogP contribution in [-0.2, 0) is 10.1 Å². The van der Waals surface area contributed by atoms with Gasteiger partial charge in [-0.3, -0.25) is 4.55 Å². The van der Waals surface area contributed by atoms with Gasteiger partial charge in [-0.05, 0) is 6.07 Å². The fraction of sp³-hybridized carbons (Fsp3) is 0. The Morgan fingerprint density at radius 1 is 1.17 bits per heavy atom. The zero-order chi connectivity index (χ0) is 13.3. The highest BCUT2D eigenvalue weighted by Crippen LogP contribution is 2.36. The number of nitrogens with zero attached hydrogens (tertiary/aromatic N) is 2. The first-order valence-electron chi connectivity index (χ1n) is 4.85. The van der Waals surface area contributed by atoms with Gasteiger partial charge in [-0.1, -0.05) is 29.5 Å². The highest BCUT2D eigenvalue weighted by Gasteiger charge is 2.18. The number of nitrogens with two attached hydrogens (primary N) is 2. The van der Waals surface area contributed by atoms with Gasteiger partial charge in [0.1, 0.15) is 10.6 Å². The van der Waals surface area contributed by atoms with Gasteiger partial charge < -0.3 is 11.6 Å². The van der Waals surface area contributed by atoms with Crippen molar-refractivity contribution in [1.82, 2.24) is 0 Å². The van der Waals surface area contributed by atoms with Crippen molar-refractivity contribution in [3.63, 3.8) is 0 Å². The monoisotopic (exact) mass is 266 g/mol. The Balaban J connectivity index is 2.99. The molecule has 8 heteroatoms. The van der Waals surface area contributed by atoms with E-state index in [0.29, 0.717) is 10.8 Å².